The van der Waals surface area contributed by atoms with E-state index >= 15 is 0 Å². The van der Waals surface area contributed by atoms with Crippen LogP contribution in [0.3, 0.4) is 0 Å². The third-order valence-corrected chi connectivity index (χ3v) is 2.80. The lowest BCUT2D eigenvalue weighted by atomic mass is 10.1. The smallest absolute Gasteiger partial charge is 0.435 e. The Morgan fingerprint density at radius 2 is 1.24 bits per heavy atom. The lowest BCUT2D eigenvalue weighted by molar-refractivity contribution is -0.744. The summed E-state index contributed by atoms with van der Waals surface area (Å²) >= 11 is 0. The van der Waals surface area contributed by atoms with E-state index in [9.17, 15) is 9.59 Å². The molecule has 0 rings (SSSR count). The van der Waals surface area contributed by atoms with Crippen molar-refractivity contribution in [2.45, 2.75) is 58.3 Å². The van der Waals surface area contributed by atoms with Gasteiger partial charge in [0.2, 0.25) is 0 Å². The first-order valence-corrected chi connectivity index (χ1v) is 6.42. The number of quaternary nitrogens is 1. The van der Waals surface area contributed by atoms with Gasteiger partial charge in [-0.15, -0.1) is 4.90 Å². The number of amides is 2. The summed E-state index contributed by atoms with van der Waals surface area (Å²) in [5, 5.41) is 17.3. The van der Waals surface area contributed by atoms with Crippen LogP contribution in [0.5, 0.6) is 0 Å². The van der Waals surface area contributed by atoms with E-state index in [0.717, 1.165) is 19.3 Å². The minimum Gasteiger partial charge on any atom is -0.435 e. The van der Waals surface area contributed by atoms with Crippen molar-refractivity contribution in [3.8, 4) is 0 Å². The molecular formula is C12H24NO4+. The van der Waals surface area contributed by atoms with Gasteiger partial charge in [-0.25, -0.2) is 0 Å². The van der Waals surface area contributed by atoms with Gasteiger partial charge in [0, 0.05) is 0 Å². The Morgan fingerprint density at radius 1 is 0.824 bits per heavy atom. The summed E-state index contributed by atoms with van der Waals surface area (Å²) in [5.74, 6) is 0. The van der Waals surface area contributed by atoms with Crippen LogP contribution in [-0.4, -0.2) is 28.9 Å². The molecule has 0 heterocycles. The predicted octanol–water partition coefficient (Wildman–Crippen LogP) is 2.37. The van der Waals surface area contributed by atoms with Gasteiger partial charge in [-0.2, -0.15) is 9.59 Å². The zero-order valence-electron chi connectivity index (χ0n) is 10.6. The van der Waals surface area contributed by atoms with Crippen molar-refractivity contribution in [2.75, 3.05) is 6.54 Å². The molecule has 0 aliphatic heterocycles. The minimum atomic E-state index is -1.31. The van der Waals surface area contributed by atoms with E-state index < -0.39 is 17.1 Å². The van der Waals surface area contributed by atoms with Gasteiger partial charge in [-0.3, -0.25) is 0 Å². The molecule has 0 fully saturated rings. The monoisotopic (exact) mass is 246 g/mol. The van der Waals surface area contributed by atoms with Crippen molar-refractivity contribution in [3.05, 3.63) is 0 Å². The highest BCUT2D eigenvalue weighted by atomic mass is 16.4. The van der Waals surface area contributed by atoms with E-state index in [1.54, 1.807) is 0 Å². The van der Waals surface area contributed by atoms with Gasteiger partial charge in [-0.05, 0) is 12.8 Å². The fraction of sp³-hybridized carbons (Fsp3) is 0.833. The Kier molecular flexibility index (Phi) is 9.43. The van der Waals surface area contributed by atoms with E-state index in [1.807, 2.05) is 0 Å². The zero-order valence-corrected chi connectivity index (χ0v) is 10.6. The first kappa shape index (κ1) is 15.9. The van der Waals surface area contributed by atoms with Gasteiger partial charge in [-0.1, -0.05) is 45.4 Å². The van der Waals surface area contributed by atoms with E-state index in [2.05, 4.69) is 6.92 Å². The lowest BCUT2D eigenvalue weighted by Crippen LogP contribution is -3.16. The SMILES string of the molecule is CCCCCCCCCC[NH+](C(=O)O)C(=O)O. The average Bonchev–Trinajstić information content (AvgIpc) is 2.26. The predicted molar refractivity (Wildman–Crippen MR) is 64.5 cm³/mol. The van der Waals surface area contributed by atoms with Crippen LogP contribution >= 0.6 is 0 Å². The van der Waals surface area contributed by atoms with Crippen LogP contribution in [0.1, 0.15) is 58.3 Å². The van der Waals surface area contributed by atoms with Crippen LogP contribution in [0.4, 0.5) is 9.59 Å². The molecule has 0 aromatic carbocycles. The van der Waals surface area contributed by atoms with E-state index in [4.69, 9.17) is 10.2 Å². The molecule has 17 heavy (non-hydrogen) atoms. The summed E-state index contributed by atoms with van der Waals surface area (Å²) in [6.07, 6.45) is 6.18. The van der Waals surface area contributed by atoms with Crippen molar-refractivity contribution in [2.24, 2.45) is 0 Å². The van der Waals surface area contributed by atoms with E-state index in [-0.39, 0.29) is 6.54 Å². The Bertz CT molecular complexity index is 217. The number of carboxylic acid groups (broad SMARTS) is 2. The van der Waals surface area contributed by atoms with Crippen LogP contribution in [0.25, 0.3) is 0 Å². The fourth-order valence-corrected chi connectivity index (χ4v) is 1.74. The van der Waals surface area contributed by atoms with Crippen LogP contribution in [-0.2, 0) is 0 Å². The quantitative estimate of drug-likeness (QED) is 0.546. The Hall–Kier alpha value is -1.10. The molecule has 0 radical (unpaired) electrons. The maximum absolute atomic E-state index is 10.6. The van der Waals surface area contributed by atoms with Crippen LogP contribution in [0.2, 0.25) is 0 Å². The number of hydrogen-bond acceptors (Lipinski definition) is 2. The molecule has 0 saturated heterocycles. The van der Waals surface area contributed by atoms with Gasteiger partial charge in [0.05, 0.1) is 6.54 Å². The van der Waals surface area contributed by atoms with Gasteiger partial charge in [0.15, 0.2) is 0 Å². The Labute approximate surface area is 102 Å². The third-order valence-electron chi connectivity index (χ3n) is 2.80. The van der Waals surface area contributed by atoms with Gasteiger partial charge < -0.3 is 10.2 Å². The summed E-state index contributed by atoms with van der Waals surface area (Å²) in [7, 11) is 0. The summed E-state index contributed by atoms with van der Waals surface area (Å²) in [5.41, 5.74) is 0. The molecule has 0 aromatic heterocycles. The van der Waals surface area contributed by atoms with Crippen molar-refractivity contribution in [3.63, 3.8) is 0 Å². The normalized spacial score (nSPS) is 10.7. The molecule has 3 N–H and O–H groups in total. The molecule has 0 aromatic rings. The Morgan fingerprint density at radius 3 is 1.65 bits per heavy atom. The third kappa shape index (κ3) is 8.68. The molecule has 0 saturated carbocycles. The number of rotatable bonds is 9. The van der Waals surface area contributed by atoms with Crippen LogP contribution in [0, 0.1) is 0 Å². The molecule has 2 amide bonds. The summed E-state index contributed by atoms with van der Waals surface area (Å²) in [6, 6.07) is 0. The highest BCUT2D eigenvalue weighted by Gasteiger charge is 2.26. The zero-order chi connectivity index (χ0) is 13.1. The second-order valence-electron chi connectivity index (χ2n) is 4.31. The highest BCUT2D eigenvalue weighted by Crippen LogP contribution is 2.07. The van der Waals surface area contributed by atoms with Gasteiger partial charge in [0.1, 0.15) is 0 Å². The number of imide groups is 1. The molecule has 0 spiro atoms. The topological polar surface area (TPSA) is 79.0 Å². The summed E-state index contributed by atoms with van der Waals surface area (Å²) in [4.78, 5) is 20.7. The first-order valence-electron chi connectivity index (χ1n) is 6.42. The minimum absolute atomic E-state index is 0.166. The standard InChI is InChI=1S/C12H23NO4/c1-2-3-4-5-6-7-8-9-10-13(11(14)15)12(16)17/h2-10H2,1H3,(H,14,15)(H,16,17)/p+1. The largest absolute Gasteiger partial charge is 0.522 e. The maximum atomic E-state index is 10.6. The number of nitrogens with one attached hydrogen (secondary N) is 1. The van der Waals surface area contributed by atoms with Crippen LogP contribution < -0.4 is 4.90 Å². The molecule has 5 heteroatoms. The van der Waals surface area contributed by atoms with E-state index in [0.29, 0.717) is 6.42 Å². The molecule has 0 atom stereocenters. The Balaban J connectivity index is 3.43. The molecule has 0 aliphatic rings. The van der Waals surface area contributed by atoms with Crippen molar-refractivity contribution >= 4 is 12.2 Å². The maximum Gasteiger partial charge on any atom is 0.522 e. The van der Waals surface area contributed by atoms with Crippen molar-refractivity contribution in [1.29, 1.82) is 0 Å². The second kappa shape index (κ2) is 10.1. The second-order valence-corrected chi connectivity index (χ2v) is 4.31. The number of hydrogen-bond donors (Lipinski definition) is 3. The fourth-order valence-electron chi connectivity index (χ4n) is 1.74. The molecule has 100 valence electrons. The summed E-state index contributed by atoms with van der Waals surface area (Å²) in [6.45, 7) is 2.34. The first-order chi connectivity index (χ1) is 8.09. The molecule has 0 bridgehead atoms. The molecule has 0 aliphatic carbocycles. The van der Waals surface area contributed by atoms with Crippen molar-refractivity contribution < 1.29 is 24.7 Å². The number of unbranched alkanes of at least 4 members (excludes halogenated alkanes) is 7. The molecule has 0 unspecified atom stereocenters. The van der Waals surface area contributed by atoms with E-state index in [1.165, 1.54) is 25.7 Å². The highest BCUT2D eigenvalue weighted by molar-refractivity contribution is 5.69. The van der Waals surface area contributed by atoms with Crippen molar-refractivity contribution in [1.82, 2.24) is 0 Å². The molecular weight excluding hydrogens is 222 g/mol. The molecule has 5 nitrogen and oxygen atoms in total. The summed E-state index contributed by atoms with van der Waals surface area (Å²) < 4.78 is 0. The van der Waals surface area contributed by atoms with Crippen LogP contribution in [0.15, 0.2) is 0 Å². The number of carbonyl (C=O) groups is 2. The van der Waals surface area contributed by atoms with Gasteiger partial charge in [0.25, 0.3) is 0 Å². The van der Waals surface area contributed by atoms with Gasteiger partial charge >= 0.3 is 12.2 Å². The average molecular weight is 246 g/mol. The lowest BCUT2D eigenvalue weighted by Gasteiger charge is -2.06.